The van der Waals surface area contributed by atoms with Gasteiger partial charge in [-0.15, -0.1) is 0 Å². The summed E-state index contributed by atoms with van der Waals surface area (Å²) in [7, 11) is 0. The Labute approximate surface area is 175 Å². The van der Waals surface area contributed by atoms with Crippen molar-refractivity contribution in [2.24, 2.45) is 0 Å². The van der Waals surface area contributed by atoms with Crippen molar-refractivity contribution < 1.29 is 18.7 Å². The number of carboxylic acids is 1. The van der Waals surface area contributed by atoms with E-state index in [0.29, 0.717) is 22.1 Å². The molecule has 6 heteroatoms. The van der Waals surface area contributed by atoms with Gasteiger partial charge in [0.25, 0.3) is 0 Å². The van der Waals surface area contributed by atoms with Gasteiger partial charge >= 0.3 is 5.97 Å². The molecule has 0 unspecified atom stereocenters. The van der Waals surface area contributed by atoms with Crippen molar-refractivity contribution in [1.82, 2.24) is 0 Å². The molecule has 5 aromatic rings. The Hall–Kier alpha value is -4.45. The highest BCUT2D eigenvalue weighted by molar-refractivity contribution is 5.87. The summed E-state index contributed by atoms with van der Waals surface area (Å²) in [6.45, 7) is 0. The molecule has 0 saturated heterocycles. The summed E-state index contributed by atoms with van der Waals surface area (Å²) < 4.78 is 10.7. The van der Waals surface area contributed by atoms with Crippen LogP contribution in [0.2, 0.25) is 0 Å². The fraction of sp³-hybridized carbons (Fsp3) is 0. The van der Waals surface area contributed by atoms with Gasteiger partial charge in [-0.1, -0.05) is 54.6 Å². The zero-order valence-electron chi connectivity index (χ0n) is 16.1. The first-order valence-electron chi connectivity index (χ1n) is 9.37. The third kappa shape index (κ3) is 4.28. The molecule has 3 aromatic carbocycles. The van der Waals surface area contributed by atoms with Gasteiger partial charge in [0, 0.05) is 17.7 Å². The second-order valence-electron chi connectivity index (χ2n) is 6.61. The molecule has 0 aliphatic carbocycles. The number of para-hydroxylation sites is 2. The van der Waals surface area contributed by atoms with Gasteiger partial charge in [0.2, 0.25) is 5.76 Å². The van der Waals surface area contributed by atoms with E-state index < -0.39 is 5.97 Å². The molecule has 5 rings (SSSR count). The van der Waals surface area contributed by atoms with Crippen molar-refractivity contribution in [2.45, 2.75) is 0 Å². The van der Waals surface area contributed by atoms with Crippen LogP contribution in [0.25, 0.3) is 33.3 Å². The lowest BCUT2D eigenvalue weighted by atomic mass is 10.1. The van der Waals surface area contributed by atoms with E-state index in [-0.39, 0.29) is 22.2 Å². The van der Waals surface area contributed by atoms with Gasteiger partial charge < -0.3 is 13.9 Å². The van der Waals surface area contributed by atoms with Crippen LogP contribution in [0.3, 0.4) is 0 Å². The van der Waals surface area contributed by atoms with E-state index in [4.69, 9.17) is 13.9 Å². The summed E-state index contributed by atoms with van der Waals surface area (Å²) in [6.07, 6.45) is 0. The molecule has 0 spiro atoms. The lowest BCUT2D eigenvalue weighted by molar-refractivity contribution is 0.0663. The van der Waals surface area contributed by atoms with Crippen LogP contribution in [0.5, 0.6) is 0 Å². The smallest absolute Gasteiger partial charge is 0.371 e. The van der Waals surface area contributed by atoms with E-state index in [9.17, 15) is 14.4 Å². The van der Waals surface area contributed by atoms with Crippen LogP contribution in [0.4, 0.5) is 0 Å². The van der Waals surface area contributed by atoms with Gasteiger partial charge in [-0.2, -0.15) is 0 Å². The summed E-state index contributed by atoms with van der Waals surface area (Å²) in [6, 6.07) is 25.9. The number of aromatic carboxylic acids is 1. The van der Waals surface area contributed by atoms with Crippen LogP contribution < -0.4 is 10.9 Å². The van der Waals surface area contributed by atoms with E-state index in [1.165, 1.54) is 6.07 Å². The SMILES string of the molecule is O=C(O)c1cc(=O)c2ccccc2o1.O=c1cc(-c2ccccc2)oc2ccccc12. The standard InChI is InChI=1S/C15H10O2.C10H6O4/c16-13-10-15(11-6-2-1-3-7-11)17-14-9-5-4-8-12(13)14;11-7-5-9(10(12)13)14-8-4-2-1-3-6(7)8/h1-10H;1-5H,(H,12,13). The molecule has 152 valence electrons. The van der Waals surface area contributed by atoms with Crippen LogP contribution >= 0.6 is 0 Å². The fourth-order valence-corrected chi connectivity index (χ4v) is 3.06. The summed E-state index contributed by atoms with van der Waals surface area (Å²) in [5, 5.41) is 9.64. The van der Waals surface area contributed by atoms with Gasteiger partial charge in [0.1, 0.15) is 16.9 Å². The lowest BCUT2D eigenvalue weighted by Gasteiger charge is -2.02. The second kappa shape index (κ2) is 8.51. The average molecular weight is 412 g/mol. The predicted molar refractivity (Wildman–Crippen MR) is 117 cm³/mol. The van der Waals surface area contributed by atoms with E-state index in [1.807, 2.05) is 48.5 Å². The molecule has 2 heterocycles. The minimum absolute atomic E-state index is 0.00861. The summed E-state index contributed by atoms with van der Waals surface area (Å²) >= 11 is 0. The quantitative estimate of drug-likeness (QED) is 0.440. The predicted octanol–water partition coefficient (Wildman–Crippen LogP) is 4.95. The topological polar surface area (TPSA) is 97.7 Å². The Morgan fingerprint density at radius 1 is 0.645 bits per heavy atom. The Morgan fingerprint density at radius 3 is 1.77 bits per heavy atom. The highest BCUT2D eigenvalue weighted by Crippen LogP contribution is 2.21. The third-order valence-electron chi connectivity index (χ3n) is 4.54. The second-order valence-corrected chi connectivity index (χ2v) is 6.61. The van der Waals surface area contributed by atoms with E-state index in [0.717, 1.165) is 11.6 Å². The van der Waals surface area contributed by atoms with E-state index in [1.54, 1.807) is 30.3 Å². The first-order chi connectivity index (χ1) is 15.0. The molecule has 31 heavy (non-hydrogen) atoms. The Balaban J connectivity index is 0.000000152. The number of carboxylic acid groups (broad SMARTS) is 1. The van der Waals surface area contributed by atoms with E-state index in [2.05, 4.69) is 0 Å². The molecule has 0 amide bonds. The van der Waals surface area contributed by atoms with Crippen LogP contribution in [0.15, 0.2) is 109 Å². The maximum absolute atomic E-state index is 11.9. The largest absolute Gasteiger partial charge is 0.475 e. The number of hydrogen-bond acceptors (Lipinski definition) is 5. The maximum Gasteiger partial charge on any atom is 0.371 e. The van der Waals surface area contributed by atoms with Gasteiger partial charge in [0.15, 0.2) is 10.9 Å². The maximum atomic E-state index is 11.9. The minimum atomic E-state index is -1.24. The number of hydrogen-bond donors (Lipinski definition) is 1. The zero-order chi connectivity index (χ0) is 21.8. The molecular formula is C25H16O6. The average Bonchev–Trinajstić information content (AvgIpc) is 2.80. The van der Waals surface area contributed by atoms with Gasteiger partial charge in [-0.25, -0.2) is 4.79 Å². The number of fused-ring (bicyclic) bond motifs is 2. The Kier molecular flexibility index (Phi) is 5.45. The number of carbonyl (C=O) groups is 1. The minimum Gasteiger partial charge on any atom is -0.475 e. The van der Waals surface area contributed by atoms with E-state index >= 15 is 0 Å². The zero-order valence-corrected chi connectivity index (χ0v) is 16.1. The molecule has 0 radical (unpaired) electrons. The molecule has 0 saturated carbocycles. The summed E-state index contributed by atoms with van der Waals surface area (Å²) in [4.78, 5) is 33.9. The summed E-state index contributed by atoms with van der Waals surface area (Å²) in [5.41, 5.74) is 1.47. The van der Waals surface area contributed by atoms with Crippen LogP contribution in [-0.4, -0.2) is 11.1 Å². The molecule has 0 atom stereocenters. The first kappa shape index (κ1) is 19.8. The number of benzene rings is 3. The lowest BCUT2D eigenvalue weighted by Crippen LogP contribution is -2.05. The Morgan fingerprint density at radius 2 is 1.16 bits per heavy atom. The van der Waals surface area contributed by atoms with Crippen molar-refractivity contribution in [2.75, 3.05) is 0 Å². The highest BCUT2D eigenvalue weighted by Gasteiger charge is 2.09. The van der Waals surface area contributed by atoms with Gasteiger partial charge in [-0.05, 0) is 24.3 Å². The van der Waals surface area contributed by atoms with Crippen molar-refractivity contribution in [3.8, 4) is 11.3 Å². The molecule has 0 aliphatic rings. The first-order valence-corrected chi connectivity index (χ1v) is 9.37. The van der Waals surface area contributed by atoms with Crippen LogP contribution in [0, 0.1) is 0 Å². The highest BCUT2D eigenvalue weighted by atomic mass is 16.4. The molecule has 2 aromatic heterocycles. The monoisotopic (exact) mass is 412 g/mol. The molecule has 0 fully saturated rings. The normalized spacial score (nSPS) is 10.5. The van der Waals surface area contributed by atoms with Crippen molar-refractivity contribution >= 4 is 27.9 Å². The third-order valence-corrected chi connectivity index (χ3v) is 4.54. The van der Waals surface area contributed by atoms with Crippen molar-refractivity contribution in [1.29, 1.82) is 0 Å². The fourth-order valence-electron chi connectivity index (χ4n) is 3.06. The molecule has 0 bridgehead atoms. The molecule has 1 N–H and O–H groups in total. The summed E-state index contributed by atoms with van der Waals surface area (Å²) in [5.74, 6) is -0.976. The van der Waals surface area contributed by atoms with Crippen LogP contribution in [-0.2, 0) is 0 Å². The van der Waals surface area contributed by atoms with Crippen molar-refractivity contribution in [3.63, 3.8) is 0 Å². The van der Waals surface area contributed by atoms with Crippen LogP contribution in [0.1, 0.15) is 10.6 Å². The van der Waals surface area contributed by atoms with Gasteiger partial charge in [0.05, 0.1) is 10.8 Å². The van der Waals surface area contributed by atoms with Gasteiger partial charge in [-0.3, -0.25) is 9.59 Å². The number of rotatable bonds is 2. The van der Waals surface area contributed by atoms with Crippen molar-refractivity contribution in [3.05, 3.63) is 117 Å². The Bertz CT molecular complexity index is 1500. The molecule has 6 nitrogen and oxygen atoms in total. The molecule has 0 aliphatic heterocycles. The molecular weight excluding hydrogens is 396 g/mol.